The molecule has 0 unspecified atom stereocenters. The second-order valence-electron chi connectivity index (χ2n) is 11.3. The standard InChI is InChI=1S/C36H39N3O7/c1-42-33-23-26(6-2-5-9-32-35(40)39(36(41)46-32)17-16-38-18-20-43-21-19-38)11-14-31(33)44-24-30-25-45-34(37-30)15-12-27-10-13-28-7-3-4-8-29(28)22-27/h3-4,7-8,10-15,22-23,25,40H,2,5-6,9,16-21,24H2,1H3. The first kappa shape index (κ1) is 31.2. The molecule has 0 spiro atoms. The van der Waals surface area contributed by atoms with Gasteiger partial charge in [-0.1, -0.05) is 42.5 Å². The number of morpholine rings is 1. The first-order chi connectivity index (χ1) is 22.6. The lowest BCUT2D eigenvalue weighted by atomic mass is 10.1. The number of rotatable bonds is 14. The van der Waals surface area contributed by atoms with Crippen LogP contribution in [0.4, 0.5) is 0 Å². The molecule has 10 nitrogen and oxygen atoms in total. The van der Waals surface area contributed by atoms with Gasteiger partial charge in [-0.2, -0.15) is 0 Å². The second-order valence-corrected chi connectivity index (χ2v) is 11.3. The summed E-state index contributed by atoms with van der Waals surface area (Å²) in [6.45, 7) is 4.33. The number of methoxy groups -OCH3 is 1. The molecule has 10 heteroatoms. The molecule has 3 aromatic carbocycles. The van der Waals surface area contributed by atoms with Gasteiger partial charge in [-0.15, -0.1) is 0 Å². The van der Waals surface area contributed by atoms with Crippen molar-refractivity contribution in [3.8, 4) is 17.4 Å². The van der Waals surface area contributed by atoms with Crippen LogP contribution >= 0.6 is 0 Å². The lowest BCUT2D eigenvalue weighted by Gasteiger charge is -2.26. The molecule has 46 heavy (non-hydrogen) atoms. The molecule has 240 valence electrons. The van der Waals surface area contributed by atoms with Gasteiger partial charge in [0.25, 0.3) is 0 Å². The summed E-state index contributed by atoms with van der Waals surface area (Å²) in [5.41, 5.74) is 2.84. The van der Waals surface area contributed by atoms with Gasteiger partial charge in [0.15, 0.2) is 17.3 Å². The summed E-state index contributed by atoms with van der Waals surface area (Å²) in [5, 5.41) is 13.0. The van der Waals surface area contributed by atoms with Crippen LogP contribution < -0.4 is 15.2 Å². The molecule has 1 N–H and O–H groups in total. The molecule has 1 aliphatic heterocycles. The van der Waals surface area contributed by atoms with E-state index in [4.69, 9.17) is 23.0 Å². The highest BCUT2D eigenvalue weighted by atomic mass is 16.5. The van der Waals surface area contributed by atoms with Gasteiger partial charge >= 0.3 is 5.76 Å². The summed E-state index contributed by atoms with van der Waals surface area (Å²) in [5.74, 6) is 1.52. The van der Waals surface area contributed by atoms with Crippen LogP contribution in [0.15, 0.2) is 80.6 Å². The Morgan fingerprint density at radius 3 is 2.61 bits per heavy atom. The van der Waals surface area contributed by atoms with Crippen LogP contribution in [-0.4, -0.2) is 59.5 Å². The molecule has 3 heterocycles. The number of hydrogen-bond donors (Lipinski definition) is 1. The Balaban J connectivity index is 0.967. The third-order valence-corrected chi connectivity index (χ3v) is 8.16. The topological polar surface area (TPSA) is 112 Å². The zero-order valence-electron chi connectivity index (χ0n) is 26.0. The minimum absolute atomic E-state index is 0.0680. The summed E-state index contributed by atoms with van der Waals surface area (Å²) >= 11 is 0. The minimum Gasteiger partial charge on any atom is -0.493 e. The van der Waals surface area contributed by atoms with E-state index in [1.54, 1.807) is 13.4 Å². The van der Waals surface area contributed by atoms with Gasteiger partial charge in [-0.05, 0) is 65.4 Å². The van der Waals surface area contributed by atoms with E-state index in [1.807, 2.05) is 42.5 Å². The van der Waals surface area contributed by atoms with E-state index in [-0.39, 0.29) is 12.5 Å². The second kappa shape index (κ2) is 15.0. The summed E-state index contributed by atoms with van der Waals surface area (Å²) < 4.78 is 29.3. The fraction of sp³-hybridized carbons (Fsp3) is 0.333. The van der Waals surface area contributed by atoms with Gasteiger partial charge in [0.1, 0.15) is 18.6 Å². The van der Waals surface area contributed by atoms with Crippen molar-refractivity contribution in [1.82, 2.24) is 14.5 Å². The Labute approximate surface area is 267 Å². The number of aromatic nitrogens is 2. The van der Waals surface area contributed by atoms with E-state index >= 15 is 0 Å². The number of hydrogen-bond acceptors (Lipinski definition) is 9. The normalized spacial score (nSPS) is 13.9. The van der Waals surface area contributed by atoms with Gasteiger partial charge in [0, 0.05) is 38.7 Å². The molecule has 0 amide bonds. The van der Waals surface area contributed by atoms with Crippen molar-refractivity contribution in [1.29, 1.82) is 0 Å². The number of fused-ring (bicyclic) bond motifs is 1. The van der Waals surface area contributed by atoms with Crippen molar-refractivity contribution in [2.24, 2.45) is 0 Å². The summed E-state index contributed by atoms with van der Waals surface area (Å²) in [6, 6.07) is 20.4. The van der Waals surface area contributed by atoms with Gasteiger partial charge < -0.3 is 28.2 Å². The molecule has 0 radical (unpaired) electrons. The van der Waals surface area contributed by atoms with Crippen LogP contribution in [0.2, 0.25) is 0 Å². The van der Waals surface area contributed by atoms with Crippen molar-refractivity contribution in [2.45, 2.75) is 38.8 Å². The van der Waals surface area contributed by atoms with Crippen molar-refractivity contribution in [3.05, 3.63) is 106 Å². The van der Waals surface area contributed by atoms with Crippen molar-refractivity contribution >= 4 is 22.9 Å². The number of benzene rings is 3. The van der Waals surface area contributed by atoms with Crippen LogP contribution in [0.1, 0.15) is 41.3 Å². The monoisotopic (exact) mass is 625 g/mol. The number of aromatic hydroxyl groups is 1. The Morgan fingerprint density at radius 2 is 1.76 bits per heavy atom. The van der Waals surface area contributed by atoms with Crippen molar-refractivity contribution in [2.75, 3.05) is 40.0 Å². The van der Waals surface area contributed by atoms with Crippen molar-refractivity contribution < 1.29 is 28.2 Å². The summed E-state index contributed by atoms with van der Waals surface area (Å²) in [7, 11) is 1.62. The number of nitrogens with zero attached hydrogens (tertiary/aromatic N) is 3. The Morgan fingerprint density at radius 1 is 0.935 bits per heavy atom. The molecule has 1 fully saturated rings. The SMILES string of the molecule is COc1cc(CCCCc2oc(=O)n(CCN3CCOCC3)c2O)ccc1OCc1coc(C=Cc2ccc3ccccc3c2)n1. The third kappa shape index (κ3) is 7.88. The maximum Gasteiger partial charge on any atom is 0.422 e. The van der Waals surface area contributed by atoms with Gasteiger partial charge in [0.05, 0.1) is 20.3 Å². The maximum atomic E-state index is 12.3. The molecule has 0 saturated carbocycles. The molecule has 1 aliphatic rings. The molecule has 0 atom stereocenters. The molecule has 0 bridgehead atoms. The highest BCUT2D eigenvalue weighted by molar-refractivity contribution is 5.85. The van der Waals surface area contributed by atoms with Crippen LogP contribution in [0.25, 0.3) is 22.9 Å². The smallest absolute Gasteiger partial charge is 0.422 e. The average Bonchev–Trinajstić information content (AvgIpc) is 3.66. The van der Waals surface area contributed by atoms with E-state index in [0.717, 1.165) is 43.5 Å². The highest BCUT2D eigenvalue weighted by Gasteiger charge is 2.18. The van der Waals surface area contributed by atoms with Crippen molar-refractivity contribution in [3.63, 3.8) is 0 Å². The van der Waals surface area contributed by atoms with E-state index < -0.39 is 5.76 Å². The predicted molar refractivity (Wildman–Crippen MR) is 175 cm³/mol. The number of aryl methyl sites for hydroxylation is 2. The van der Waals surface area contributed by atoms with Gasteiger partial charge in [-0.3, -0.25) is 4.90 Å². The number of unbranched alkanes of at least 4 members (excludes halogenated alkanes) is 1. The fourth-order valence-electron chi connectivity index (χ4n) is 5.57. The van der Waals surface area contributed by atoms with Crippen LogP contribution in [0.3, 0.4) is 0 Å². The predicted octanol–water partition coefficient (Wildman–Crippen LogP) is 5.94. The molecular formula is C36H39N3O7. The minimum atomic E-state index is -0.514. The van der Waals surface area contributed by atoms with E-state index in [1.165, 1.54) is 15.3 Å². The summed E-state index contributed by atoms with van der Waals surface area (Å²) in [6.07, 6.45) is 8.32. The fourth-order valence-corrected chi connectivity index (χ4v) is 5.57. The largest absolute Gasteiger partial charge is 0.493 e. The molecule has 5 aromatic rings. The lowest BCUT2D eigenvalue weighted by Crippen LogP contribution is -2.38. The lowest BCUT2D eigenvalue weighted by molar-refractivity contribution is 0.0359. The summed E-state index contributed by atoms with van der Waals surface area (Å²) in [4.78, 5) is 19.0. The van der Waals surface area contributed by atoms with Crippen LogP contribution in [0.5, 0.6) is 17.4 Å². The Hall–Kier alpha value is -4.80. The van der Waals surface area contributed by atoms with E-state index in [0.29, 0.717) is 61.6 Å². The van der Waals surface area contributed by atoms with Gasteiger partial charge in [-0.25, -0.2) is 14.3 Å². The Kier molecular flexibility index (Phi) is 10.2. The van der Waals surface area contributed by atoms with Crippen LogP contribution in [-0.2, 0) is 30.7 Å². The zero-order chi connectivity index (χ0) is 31.7. The maximum absolute atomic E-state index is 12.3. The van der Waals surface area contributed by atoms with E-state index in [9.17, 15) is 9.90 Å². The molecule has 0 aliphatic carbocycles. The average molecular weight is 626 g/mol. The first-order valence-corrected chi connectivity index (χ1v) is 15.7. The quantitative estimate of drug-likeness (QED) is 0.150. The molecule has 6 rings (SSSR count). The van der Waals surface area contributed by atoms with Crippen LogP contribution in [0, 0.1) is 0 Å². The zero-order valence-corrected chi connectivity index (χ0v) is 26.0. The number of oxazole rings is 2. The molecule has 2 aromatic heterocycles. The van der Waals surface area contributed by atoms with E-state index in [2.05, 4.69) is 40.2 Å². The third-order valence-electron chi connectivity index (χ3n) is 8.16. The highest BCUT2D eigenvalue weighted by Crippen LogP contribution is 2.30. The van der Waals surface area contributed by atoms with Gasteiger partial charge in [0.2, 0.25) is 11.8 Å². The molecular weight excluding hydrogens is 586 g/mol. The Bertz CT molecular complexity index is 1830. The number of ether oxygens (including phenoxy) is 3. The first-order valence-electron chi connectivity index (χ1n) is 15.7. The molecule has 1 saturated heterocycles.